The van der Waals surface area contributed by atoms with Crippen LogP contribution in [0.25, 0.3) is 0 Å². The van der Waals surface area contributed by atoms with Crippen molar-refractivity contribution in [2.45, 2.75) is 37.3 Å². The molecule has 0 bridgehead atoms. The van der Waals surface area contributed by atoms with Gasteiger partial charge in [0.25, 0.3) is 5.91 Å². The molecule has 0 radical (unpaired) electrons. The maximum atomic E-state index is 12.9. The number of rotatable bonds is 9. The van der Waals surface area contributed by atoms with Crippen molar-refractivity contribution in [1.29, 1.82) is 0 Å². The highest BCUT2D eigenvalue weighted by molar-refractivity contribution is 8.00. The van der Waals surface area contributed by atoms with E-state index in [1.165, 1.54) is 18.9 Å². The third kappa shape index (κ3) is 6.32. The predicted molar refractivity (Wildman–Crippen MR) is 138 cm³/mol. The van der Waals surface area contributed by atoms with Crippen LogP contribution in [0.2, 0.25) is 0 Å². The number of benzene rings is 3. The highest BCUT2D eigenvalue weighted by Crippen LogP contribution is 2.30. The lowest BCUT2D eigenvalue weighted by Gasteiger charge is -2.17. The maximum absolute atomic E-state index is 12.9. The Balaban J connectivity index is 1.69. The molecule has 34 heavy (non-hydrogen) atoms. The lowest BCUT2D eigenvalue weighted by molar-refractivity contribution is -0.115. The van der Waals surface area contributed by atoms with Gasteiger partial charge in [0.15, 0.2) is 11.5 Å². The molecule has 0 aliphatic heterocycles. The van der Waals surface area contributed by atoms with Crippen LogP contribution in [0, 0.1) is 13.8 Å². The molecule has 7 heteroatoms. The van der Waals surface area contributed by atoms with Gasteiger partial charge in [0.05, 0.1) is 19.5 Å². The molecular weight excluding hydrogens is 448 g/mol. The Kier molecular flexibility index (Phi) is 8.60. The number of amides is 2. The SMILES string of the molecule is CCC(Sc1cccc(NC(=O)c2ccc(OC)c(OC)c2)c1)C(=O)Nc1cc(C)ccc1C. The summed E-state index contributed by atoms with van der Waals surface area (Å²) < 4.78 is 10.5. The number of anilines is 2. The van der Waals surface area contributed by atoms with Gasteiger partial charge in [-0.05, 0) is 73.9 Å². The molecule has 3 aromatic rings. The van der Waals surface area contributed by atoms with E-state index in [4.69, 9.17) is 9.47 Å². The van der Waals surface area contributed by atoms with Crippen molar-refractivity contribution < 1.29 is 19.1 Å². The van der Waals surface area contributed by atoms with Crippen LogP contribution in [0.5, 0.6) is 11.5 Å². The third-order valence-electron chi connectivity index (χ3n) is 5.33. The summed E-state index contributed by atoms with van der Waals surface area (Å²) in [6.45, 7) is 5.97. The van der Waals surface area contributed by atoms with Gasteiger partial charge in [-0.2, -0.15) is 0 Å². The highest BCUT2D eigenvalue weighted by Gasteiger charge is 2.19. The Bertz CT molecular complexity index is 1180. The number of nitrogens with one attached hydrogen (secondary N) is 2. The van der Waals surface area contributed by atoms with Gasteiger partial charge < -0.3 is 20.1 Å². The van der Waals surface area contributed by atoms with E-state index >= 15 is 0 Å². The largest absolute Gasteiger partial charge is 0.493 e. The number of carbonyl (C=O) groups is 2. The van der Waals surface area contributed by atoms with Crippen LogP contribution in [0.15, 0.2) is 65.6 Å². The first-order chi connectivity index (χ1) is 16.3. The van der Waals surface area contributed by atoms with E-state index in [0.29, 0.717) is 29.2 Å². The molecule has 3 rings (SSSR count). The Morgan fingerprint density at radius 3 is 2.38 bits per heavy atom. The summed E-state index contributed by atoms with van der Waals surface area (Å²) in [7, 11) is 3.08. The Labute approximate surface area is 205 Å². The quantitative estimate of drug-likeness (QED) is 0.364. The smallest absolute Gasteiger partial charge is 0.255 e. The molecule has 3 aromatic carbocycles. The van der Waals surface area contributed by atoms with Gasteiger partial charge in [-0.25, -0.2) is 0 Å². The molecule has 0 saturated heterocycles. The fourth-order valence-corrected chi connectivity index (χ4v) is 4.41. The van der Waals surface area contributed by atoms with E-state index in [-0.39, 0.29) is 17.1 Å². The fourth-order valence-electron chi connectivity index (χ4n) is 3.40. The van der Waals surface area contributed by atoms with Crippen LogP contribution in [0.1, 0.15) is 34.8 Å². The zero-order chi connectivity index (χ0) is 24.7. The number of hydrogen-bond donors (Lipinski definition) is 2. The molecule has 178 valence electrons. The van der Waals surface area contributed by atoms with E-state index in [1.54, 1.807) is 25.3 Å². The molecule has 0 saturated carbocycles. The lowest BCUT2D eigenvalue weighted by atomic mass is 10.1. The monoisotopic (exact) mass is 478 g/mol. The second-order valence-corrected chi connectivity index (χ2v) is 9.15. The molecule has 0 spiro atoms. The van der Waals surface area contributed by atoms with Crippen LogP contribution in [-0.2, 0) is 4.79 Å². The van der Waals surface area contributed by atoms with E-state index in [0.717, 1.165) is 21.7 Å². The third-order valence-corrected chi connectivity index (χ3v) is 6.69. The summed E-state index contributed by atoms with van der Waals surface area (Å²) in [6, 6.07) is 18.5. The first kappa shape index (κ1) is 25.2. The molecule has 1 atom stereocenters. The normalized spacial score (nSPS) is 11.4. The topological polar surface area (TPSA) is 76.7 Å². The average Bonchev–Trinajstić information content (AvgIpc) is 2.84. The number of hydrogen-bond acceptors (Lipinski definition) is 5. The van der Waals surface area contributed by atoms with Gasteiger partial charge in [0.2, 0.25) is 5.91 Å². The van der Waals surface area contributed by atoms with E-state index in [1.807, 2.05) is 63.2 Å². The Morgan fingerprint density at radius 1 is 0.912 bits per heavy atom. The minimum atomic E-state index is -0.267. The standard InChI is InChI=1S/C27H30N2O4S/c1-6-25(27(31)29-22-14-17(2)10-11-18(22)3)34-21-9-7-8-20(16-21)28-26(30)19-12-13-23(32-4)24(15-19)33-5/h7-16,25H,6H2,1-5H3,(H,28,30)(H,29,31). The number of aryl methyl sites for hydroxylation is 2. The lowest BCUT2D eigenvalue weighted by Crippen LogP contribution is -2.25. The van der Waals surface area contributed by atoms with Crippen molar-refractivity contribution in [3.8, 4) is 11.5 Å². The van der Waals surface area contributed by atoms with Gasteiger partial charge in [-0.1, -0.05) is 25.1 Å². The number of thioether (sulfide) groups is 1. The van der Waals surface area contributed by atoms with E-state index in [9.17, 15) is 9.59 Å². The zero-order valence-corrected chi connectivity index (χ0v) is 20.9. The molecule has 6 nitrogen and oxygen atoms in total. The molecule has 1 unspecified atom stereocenters. The minimum absolute atomic E-state index is 0.0408. The van der Waals surface area contributed by atoms with Crippen molar-refractivity contribution in [2.75, 3.05) is 24.9 Å². The Hall–Kier alpha value is -3.45. The second-order valence-electron chi connectivity index (χ2n) is 7.87. The summed E-state index contributed by atoms with van der Waals surface area (Å²) in [6.07, 6.45) is 0.670. The van der Waals surface area contributed by atoms with Crippen molar-refractivity contribution in [3.05, 3.63) is 77.4 Å². The first-order valence-corrected chi connectivity index (χ1v) is 11.9. The molecule has 0 aromatic heterocycles. The van der Waals surface area contributed by atoms with Gasteiger partial charge in [-0.15, -0.1) is 11.8 Å². The molecule has 0 aliphatic carbocycles. The maximum Gasteiger partial charge on any atom is 0.255 e. The van der Waals surface area contributed by atoms with E-state index in [2.05, 4.69) is 10.6 Å². The molecular formula is C27H30N2O4S. The van der Waals surface area contributed by atoms with Crippen molar-refractivity contribution in [2.24, 2.45) is 0 Å². The van der Waals surface area contributed by atoms with Crippen LogP contribution in [0.3, 0.4) is 0 Å². The highest BCUT2D eigenvalue weighted by atomic mass is 32.2. The van der Waals surface area contributed by atoms with Crippen LogP contribution < -0.4 is 20.1 Å². The molecule has 0 fully saturated rings. The molecule has 0 heterocycles. The minimum Gasteiger partial charge on any atom is -0.493 e. The van der Waals surface area contributed by atoms with Crippen molar-refractivity contribution in [1.82, 2.24) is 0 Å². The number of methoxy groups -OCH3 is 2. The van der Waals surface area contributed by atoms with Crippen molar-refractivity contribution in [3.63, 3.8) is 0 Å². The first-order valence-electron chi connectivity index (χ1n) is 11.0. The van der Waals surface area contributed by atoms with E-state index < -0.39 is 0 Å². The molecule has 2 amide bonds. The summed E-state index contributed by atoms with van der Waals surface area (Å²) in [5, 5.41) is 5.70. The van der Waals surface area contributed by atoms with Crippen molar-refractivity contribution >= 4 is 35.0 Å². The summed E-state index contributed by atoms with van der Waals surface area (Å²) in [5.74, 6) is 0.742. The summed E-state index contributed by atoms with van der Waals surface area (Å²) >= 11 is 1.47. The van der Waals surface area contributed by atoms with Gasteiger partial charge in [-0.3, -0.25) is 9.59 Å². The summed E-state index contributed by atoms with van der Waals surface area (Å²) in [5.41, 5.74) is 4.06. The number of carbonyl (C=O) groups excluding carboxylic acids is 2. The van der Waals surface area contributed by atoms with Gasteiger partial charge in [0, 0.05) is 21.8 Å². The summed E-state index contributed by atoms with van der Waals surface area (Å²) in [4.78, 5) is 26.6. The molecule has 2 N–H and O–H groups in total. The fraction of sp³-hybridized carbons (Fsp3) is 0.259. The molecule has 0 aliphatic rings. The van der Waals surface area contributed by atoms with Gasteiger partial charge >= 0.3 is 0 Å². The predicted octanol–water partition coefficient (Wildman–Crippen LogP) is 6.08. The van der Waals surface area contributed by atoms with Crippen LogP contribution in [0.4, 0.5) is 11.4 Å². The number of ether oxygens (including phenoxy) is 2. The zero-order valence-electron chi connectivity index (χ0n) is 20.1. The second kappa shape index (κ2) is 11.6. The Morgan fingerprint density at radius 2 is 1.68 bits per heavy atom. The van der Waals surface area contributed by atoms with Crippen LogP contribution >= 0.6 is 11.8 Å². The van der Waals surface area contributed by atoms with Crippen LogP contribution in [-0.4, -0.2) is 31.3 Å². The average molecular weight is 479 g/mol. The van der Waals surface area contributed by atoms with Gasteiger partial charge in [0.1, 0.15) is 0 Å².